The first-order valence-corrected chi connectivity index (χ1v) is 49.4. The minimum absolute atomic E-state index is 0. The maximum Gasteiger partial charge on any atom is 1.00 e. The van der Waals surface area contributed by atoms with Gasteiger partial charge in [-0.05, 0) is 164 Å². The fraction of sp³-hybridized carbons (Fsp3) is 0.395. The number of halogens is 4. The van der Waals surface area contributed by atoms with E-state index < -0.39 is 73.0 Å². The molecule has 36 nitrogen and oxygen atoms in total. The molecule has 5 saturated heterocycles. The number of nitrogens with zero attached hydrogens (tertiary/aromatic N) is 4. The van der Waals surface area contributed by atoms with Crippen molar-refractivity contribution >= 4 is 127 Å². The quantitative estimate of drug-likeness (QED) is 0.0222. The van der Waals surface area contributed by atoms with Gasteiger partial charge in [-0.3, -0.25) is 4.79 Å². The molecule has 5 heterocycles. The van der Waals surface area contributed by atoms with Gasteiger partial charge in [-0.1, -0.05) is 77.3 Å². The van der Waals surface area contributed by atoms with Gasteiger partial charge < -0.3 is 89.1 Å². The molecule has 5 aliphatic rings. The zero-order chi connectivity index (χ0) is 95.5. The monoisotopic (exact) mass is 2040 g/mol. The van der Waals surface area contributed by atoms with Crippen molar-refractivity contribution in [3.63, 3.8) is 0 Å². The summed E-state index contributed by atoms with van der Waals surface area (Å²) < 4.78 is 191. The molecular weight excluding hydrogens is 1930 g/mol. The SMILES string of the molecule is C1COCCN1.COC(=O)c1ccc(OC)c(S(=O)(=O)Cl)c1.COC(=O)c1ccc(OC)c(S(=O)(=O)N2CCOCC2)c1.COc1ccc(C(=O)N[C@H](C)c2cccc(Cl)c2)cc1S(=O)(=O)N1CCOCC1.COc1ccc(C(=O)O)cc1S(=O)(=O)N1CCOCC1.COc1ccc(CN[C@H](C)c2cccc(Cl)c2)cc1S(=O)(=O)N1CCOCC1.C[C@@H](N)c1cccc(Cl)c1.[B].[Na+].[OH-]. The molecule has 0 saturated carbocycles. The number of carboxylic acid groups (broad SMARTS) is 1. The molecule has 47 heteroatoms. The van der Waals surface area contributed by atoms with Crippen LogP contribution in [-0.2, 0) is 88.8 Å². The van der Waals surface area contributed by atoms with Crippen LogP contribution in [0.5, 0.6) is 28.7 Å². The Balaban J connectivity index is 0.000000335. The van der Waals surface area contributed by atoms with Gasteiger partial charge >= 0.3 is 47.5 Å². The number of rotatable bonds is 25. The Labute approximate surface area is 820 Å². The molecule has 0 unspecified atom stereocenters. The third-order valence-corrected chi connectivity index (χ3v) is 29.5. The van der Waals surface area contributed by atoms with Crippen LogP contribution in [0.2, 0.25) is 15.1 Å². The number of hydrogen-bond donors (Lipinski definition) is 5. The van der Waals surface area contributed by atoms with Crippen LogP contribution in [0, 0.1) is 0 Å². The minimum atomic E-state index is -3.97. The van der Waals surface area contributed by atoms with Crippen molar-refractivity contribution < 1.29 is 158 Å². The number of amides is 1. The molecule has 8 aromatic carbocycles. The van der Waals surface area contributed by atoms with Gasteiger partial charge in [0.25, 0.3) is 15.0 Å². The topological polar surface area (TPSA) is 475 Å². The zero-order valence-corrected chi connectivity index (χ0v) is 84.3. The van der Waals surface area contributed by atoms with Gasteiger partial charge in [0.15, 0.2) is 0 Å². The predicted octanol–water partition coefficient (Wildman–Crippen LogP) is 6.82. The molecule has 133 heavy (non-hydrogen) atoms. The van der Waals surface area contributed by atoms with Crippen molar-refractivity contribution in [1.82, 2.24) is 33.2 Å². The van der Waals surface area contributed by atoms with Crippen molar-refractivity contribution in [2.45, 2.75) is 69.9 Å². The van der Waals surface area contributed by atoms with Crippen LogP contribution in [0.3, 0.4) is 0 Å². The van der Waals surface area contributed by atoms with E-state index in [4.69, 9.17) is 104 Å². The van der Waals surface area contributed by atoms with E-state index >= 15 is 0 Å². The second-order valence-corrected chi connectivity index (χ2v) is 39.8. The molecule has 7 N–H and O–H groups in total. The smallest absolute Gasteiger partial charge is 0.870 e. The van der Waals surface area contributed by atoms with E-state index in [1.54, 1.807) is 30.3 Å². The average Bonchev–Trinajstić information content (AvgIpc) is 0.806. The summed E-state index contributed by atoms with van der Waals surface area (Å²) in [5.41, 5.74) is 9.85. The summed E-state index contributed by atoms with van der Waals surface area (Å²) in [6.45, 7) is 15.2. The molecular formula is C86H109BCl4N8NaO28S5. The van der Waals surface area contributed by atoms with Crippen molar-refractivity contribution in [3.8, 4) is 28.7 Å². The third-order valence-electron chi connectivity index (χ3n) is 19.7. The summed E-state index contributed by atoms with van der Waals surface area (Å²) >= 11 is 17.8. The number of sulfonamides is 4. The first kappa shape index (κ1) is 117. The Hall–Kier alpha value is -7.91. The van der Waals surface area contributed by atoms with E-state index in [1.165, 1.54) is 128 Å². The van der Waals surface area contributed by atoms with Crippen LogP contribution in [0.4, 0.5) is 0 Å². The summed E-state index contributed by atoms with van der Waals surface area (Å²) in [4.78, 5) is 46.2. The third kappa shape index (κ3) is 34.9. The minimum Gasteiger partial charge on any atom is -0.870 e. The molecule has 5 fully saturated rings. The molecule has 1 amide bonds. The van der Waals surface area contributed by atoms with Crippen LogP contribution in [0.15, 0.2) is 188 Å². The van der Waals surface area contributed by atoms with E-state index in [0.717, 1.165) is 65.7 Å². The van der Waals surface area contributed by atoms with Crippen LogP contribution >= 0.6 is 45.5 Å². The number of benzene rings is 8. The van der Waals surface area contributed by atoms with E-state index in [-0.39, 0.29) is 171 Å². The number of methoxy groups -OCH3 is 7. The molecule has 723 valence electrons. The Morgan fingerprint density at radius 1 is 0.414 bits per heavy atom. The first-order valence-electron chi connectivity index (χ1n) is 40.2. The summed E-state index contributed by atoms with van der Waals surface area (Å²) in [6.07, 6.45) is 0. The Morgan fingerprint density at radius 2 is 0.707 bits per heavy atom. The van der Waals surface area contributed by atoms with Gasteiger partial charge in [-0.15, -0.1) is 0 Å². The van der Waals surface area contributed by atoms with Crippen LogP contribution < -0.4 is 74.9 Å². The van der Waals surface area contributed by atoms with Gasteiger partial charge in [0.2, 0.25) is 40.1 Å². The summed E-state index contributed by atoms with van der Waals surface area (Å²) in [5.74, 6) is -1.91. The summed E-state index contributed by atoms with van der Waals surface area (Å²) in [7, 11) is -4.43. The second-order valence-electron chi connectivity index (χ2n) is 28.4. The largest absolute Gasteiger partial charge is 1.00 e. The van der Waals surface area contributed by atoms with E-state index in [2.05, 4.69) is 25.4 Å². The molecule has 3 atom stereocenters. The number of carbonyl (C=O) groups is 4. The second kappa shape index (κ2) is 57.3. The number of morpholine rings is 5. The van der Waals surface area contributed by atoms with Crippen molar-refractivity contribution in [3.05, 3.63) is 223 Å². The number of nitrogens with two attached hydrogens (primary N) is 1. The number of esters is 2. The molecule has 0 aromatic heterocycles. The standard InChI is InChI=1S/C20H23ClN2O5S.C20H25ClN2O4S.C13H17NO6S.C12H15NO6S.C9H9ClO5S.C8H10ClN.C4H9NO.B.Na.H2O/c1-14(15-4-3-5-17(21)12-15)22-20(24)16-6-7-18(27-2)19(13-16)29(25,26)23-8-10-28-11-9-23;1-15(17-4-3-5-18(21)13-17)22-14-16-6-7-19(26-2)20(12-16)28(24,25)23-8-10-27-11-9-23;1-18-11-4-3-10(13(15)19-2)9-12(11)21(16,17)14-5-7-20-8-6-14;1-18-10-3-2-9(12(14)15)8-11(10)20(16,17)13-4-6-19-7-5-13;1-14-7-4-3-6(9(11)15-2)5-8(7)16(10,12)13;1-6(10)7-3-2-4-8(9)5-7;1-3-6-4-2-5-1;;;/h3-7,12-14H,8-11H2,1-2H3,(H,22,24);3-7,12-13,15,22H,8-11,14H2,1-2H3;3-4,9H,5-8H2,1-2H3;2-3,8H,4-7H2,1H3,(H,14,15);3-5H,1-2H3;2-6H,10H2,1H3;5H,1-4H2;;;1H2/q;;;;;;;;+1;/p-1/t14-;15-;;;;6-;;;;/m11...1..../s1. The number of carbonyl (C=O) groups excluding carboxylic acids is 3. The molecule has 0 spiro atoms. The Kier molecular flexibility index (Phi) is 50.6. The van der Waals surface area contributed by atoms with Gasteiger partial charge in [0, 0.05) is 124 Å². The van der Waals surface area contributed by atoms with Gasteiger partial charge in [0.05, 0.1) is 139 Å². The molecule has 5 aliphatic heterocycles. The normalized spacial score (nSPS) is 15.6. The fourth-order valence-electron chi connectivity index (χ4n) is 12.6. The Bertz CT molecular complexity index is 5700. The van der Waals surface area contributed by atoms with Gasteiger partial charge in [-0.25, -0.2) is 56.5 Å². The fourth-order valence-corrected chi connectivity index (χ4v) is 20.6. The van der Waals surface area contributed by atoms with Crippen molar-refractivity contribution in [2.75, 3.05) is 181 Å². The average molecular weight is 2040 g/mol. The Morgan fingerprint density at radius 3 is 1.02 bits per heavy atom. The maximum atomic E-state index is 13.1. The molecule has 8 aromatic rings. The molecule has 3 radical (unpaired) electrons. The molecule has 0 aliphatic carbocycles. The van der Waals surface area contributed by atoms with E-state index in [1.807, 2.05) is 81.4 Å². The van der Waals surface area contributed by atoms with Gasteiger partial charge in [0.1, 0.15) is 53.2 Å². The molecule has 13 rings (SSSR count). The maximum absolute atomic E-state index is 13.1. The number of hydrogen-bond acceptors (Lipinski definition) is 30. The van der Waals surface area contributed by atoms with E-state index in [9.17, 15) is 61.3 Å². The summed E-state index contributed by atoms with van der Waals surface area (Å²) in [5, 5.41) is 20.4. The first-order chi connectivity index (χ1) is 61.8. The number of ether oxygens (including phenoxy) is 12. The number of carboxylic acids is 1. The van der Waals surface area contributed by atoms with Crippen molar-refractivity contribution in [1.29, 1.82) is 0 Å². The predicted molar refractivity (Wildman–Crippen MR) is 495 cm³/mol. The number of aromatic carboxylic acids is 1. The molecule has 0 bridgehead atoms. The summed E-state index contributed by atoms with van der Waals surface area (Å²) in [6, 6.07) is 43.7. The number of nitrogens with one attached hydrogen (secondary N) is 3. The van der Waals surface area contributed by atoms with Crippen LogP contribution in [0.25, 0.3) is 0 Å². The van der Waals surface area contributed by atoms with Crippen LogP contribution in [-0.4, -0.2) is 283 Å². The van der Waals surface area contributed by atoms with Crippen LogP contribution in [0.1, 0.15) is 103 Å². The van der Waals surface area contributed by atoms with Gasteiger partial charge in [-0.2, -0.15) is 17.2 Å². The van der Waals surface area contributed by atoms with E-state index in [0.29, 0.717) is 88.3 Å². The zero-order valence-electron chi connectivity index (χ0n) is 75.2. The van der Waals surface area contributed by atoms with Crippen molar-refractivity contribution in [2.24, 2.45) is 5.73 Å².